The van der Waals surface area contributed by atoms with Gasteiger partial charge in [0.1, 0.15) is 0 Å². The molecule has 0 spiro atoms. The molecule has 2 amide bonds. The zero-order chi connectivity index (χ0) is 20.0. The van der Waals surface area contributed by atoms with Crippen molar-refractivity contribution >= 4 is 39.4 Å². The highest BCUT2D eigenvalue weighted by Gasteiger charge is 2.16. The van der Waals surface area contributed by atoms with Crippen molar-refractivity contribution < 1.29 is 32.3 Å². The molecule has 0 radical (unpaired) electrons. The molecule has 2 N–H and O–H groups in total. The number of aromatic nitrogens is 1. The number of halogens is 4. The van der Waals surface area contributed by atoms with Crippen LogP contribution < -0.4 is 10.6 Å². The zero-order valence-corrected chi connectivity index (χ0v) is 15.0. The molecule has 0 unspecified atom stereocenters. The average molecular weight is 446 g/mol. The van der Waals surface area contributed by atoms with Crippen LogP contribution in [-0.2, 0) is 14.3 Å². The van der Waals surface area contributed by atoms with Crippen LogP contribution in [0.4, 0.5) is 18.9 Å². The summed E-state index contributed by atoms with van der Waals surface area (Å²) < 4.78 is 44.6. The largest absolute Gasteiger partial charge is 0.452 e. The summed E-state index contributed by atoms with van der Waals surface area (Å²) in [4.78, 5) is 38.7. The number of nitrogens with one attached hydrogen (secondary N) is 2. The minimum absolute atomic E-state index is 0.115. The lowest BCUT2D eigenvalue weighted by atomic mass is 10.2. The monoisotopic (exact) mass is 445 g/mol. The number of carbonyl (C=O) groups excluding carboxylic acids is 3. The molecule has 1 aromatic heterocycles. The summed E-state index contributed by atoms with van der Waals surface area (Å²) in [5.41, 5.74) is -0.467. The second-order valence-corrected chi connectivity index (χ2v) is 5.93. The molecular formula is C16H11BrF3N3O4. The van der Waals surface area contributed by atoms with E-state index in [9.17, 15) is 27.6 Å². The Kier molecular flexibility index (Phi) is 6.88. The summed E-state index contributed by atoms with van der Waals surface area (Å²) in [6.07, 6.45) is 2.70. The standard InChI is InChI=1S/C16H11BrF3N3O4/c17-9-3-8(4-21-5-9)16(26)27-7-13(25)22-6-12(24)23-11-2-1-10(18)14(19)15(11)20/h1-5H,6-7H2,(H,22,25)(H,23,24). The van der Waals surface area contributed by atoms with Crippen LogP contribution >= 0.6 is 15.9 Å². The molecule has 142 valence electrons. The fraction of sp³-hybridized carbons (Fsp3) is 0.125. The summed E-state index contributed by atoms with van der Waals surface area (Å²) >= 11 is 3.13. The van der Waals surface area contributed by atoms with Crippen LogP contribution in [-0.4, -0.2) is 35.9 Å². The van der Waals surface area contributed by atoms with Crippen molar-refractivity contribution in [2.24, 2.45) is 0 Å². The Bertz CT molecular complexity index is 895. The van der Waals surface area contributed by atoms with E-state index in [1.165, 1.54) is 18.5 Å². The van der Waals surface area contributed by atoms with Gasteiger partial charge in [-0.3, -0.25) is 14.6 Å². The van der Waals surface area contributed by atoms with E-state index in [0.29, 0.717) is 10.5 Å². The number of pyridine rings is 1. The first-order valence-electron chi connectivity index (χ1n) is 7.25. The number of amides is 2. The van der Waals surface area contributed by atoms with Crippen molar-refractivity contribution in [3.8, 4) is 0 Å². The van der Waals surface area contributed by atoms with E-state index < -0.39 is 54.1 Å². The topological polar surface area (TPSA) is 97.4 Å². The molecule has 7 nitrogen and oxygen atoms in total. The second kappa shape index (κ2) is 9.12. The van der Waals surface area contributed by atoms with E-state index in [1.807, 2.05) is 5.32 Å². The van der Waals surface area contributed by atoms with E-state index in [-0.39, 0.29) is 5.56 Å². The van der Waals surface area contributed by atoms with Gasteiger partial charge < -0.3 is 15.4 Å². The third-order valence-electron chi connectivity index (χ3n) is 3.03. The Morgan fingerprint density at radius 3 is 2.52 bits per heavy atom. The Morgan fingerprint density at radius 1 is 1.07 bits per heavy atom. The van der Waals surface area contributed by atoms with E-state index in [0.717, 1.165) is 6.07 Å². The Hall–Kier alpha value is -2.95. The molecular weight excluding hydrogens is 435 g/mol. The van der Waals surface area contributed by atoms with Gasteiger partial charge in [-0.05, 0) is 34.1 Å². The zero-order valence-electron chi connectivity index (χ0n) is 13.4. The van der Waals surface area contributed by atoms with Crippen molar-refractivity contribution in [1.29, 1.82) is 0 Å². The van der Waals surface area contributed by atoms with Crippen molar-refractivity contribution in [1.82, 2.24) is 10.3 Å². The highest BCUT2D eigenvalue weighted by atomic mass is 79.9. The van der Waals surface area contributed by atoms with Crippen molar-refractivity contribution in [3.63, 3.8) is 0 Å². The van der Waals surface area contributed by atoms with Gasteiger partial charge in [0.15, 0.2) is 24.1 Å². The SMILES string of the molecule is O=C(COC(=O)c1cncc(Br)c1)NCC(=O)Nc1ccc(F)c(F)c1F. The van der Waals surface area contributed by atoms with Gasteiger partial charge in [0.05, 0.1) is 17.8 Å². The number of benzene rings is 1. The molecule has 0 atom stereocenters. The van der Waals surface area contributed by atoms with Gasteiger partial charge in [0, 0.05) is 16.9 Å². The first-order chi connectivity index (χ1) is 12.8. The van der Waals surface area contributed by atoms with Crippen LogP contribution in [0, 0.1) is 17.5 Å². The lowest BCUT2D eigenvalue weighted by Gasteiger charge is -2.09. The van der Waals surface area contributed by atoms with Crippen molar-refractivity contribution in [2.75, 3.05) is 18.5 Å². The van der Waals surface area contributed by atoms with E-state index in [1.54, 1.807) is 0 Å². The van der Waals surface area contributed by atoms with Crippen LogP contribution in [0.5, 0.6) is 0 Å². The van der Waals surface area contributed by atoms with Gasteiger partial charge in [0.2, 0.25) is 5.91 Å². The predicted molar refractivity (Wildman–Crippen MR) is 90.2 cm³/mol. The molecule has 1 heterocycles. The quantitative estimate of drug-likeness (QED) is 0.524. The molecule has 0 aliphatic heterocycles. The van der Waals surface area contributed by atoms with E-state index >= 15 is 0 Å². The van der Waals surface area contributed by atoms with Crippen LogP contribution in [0.25, 0.3) is 0 Å². The van der Waals surface area contributed by atoms with Gasteiger partial charge in [-0.15, -0.1) is 0 Å². The lowest BCUT2D eigenvalue weighted by Crippen LogP contribution is -2.35. The number of ether oxygens (including phenoxy) is 1. The highest BCUT2D eigenvalue weighted by molar-refractivity contribution is 9.10. The van der Waals surface area contributed by atoms with Crippen LogP contribution in [0.2, 0.25) is 0 Å². The van der Waals surface area contributed by atoms with E-state index in [4.69, 9.17) is 4.74 Å². The van der Waals surface area contributed by atoms with Gasteiger partial charge in [-0.2, -0.15) is 0 Å². The second-order valence-electron chi connectivity index (χ2n) is 5.02. The fourth-order valence-electron chi connectivity index (χ4n) is 1.78. The summed E-state index contributed by atoms with van der Waals surface area (Å²) in [6, 6.07) is 2.92. The van der Waals surface area contributed by atoms with Gasteiger partial charge >= 0.3 is 5.97 Å². The number of esters is 1. The molecule has 11 heteroatoms. The molecule has 0 aliphatic rings. The molecule has 27 heavy (non-hydrogen) atoms. The number of rotatable bonds is 6. The van der Waals surface area contributed by atoms with Crippen molar-refractivity contribution in [2.45, 2.75) is 0 Å². The maximum absolute atomic E-state index is 13.4. The molecule has 0 fully saturated rings. The maximum Gasteiger partial charge on any atom is 0.340 e. The Morgan fingerprint density at radius 2 is 1.81 bits per heavy atom. The Balaban J connectivity index is 1.79. The number of nitrogens with zero attached hydrogens (tertiary/aromatic N) is 1. The third-order valence-corrected chi connectivity index (χ3v) is 3.46. The van der Waals surface area contributed by atoms with Crippen LogP contribution in [0.1, 0.15) is 10.4 Å². The highest BCUT2D eigenvalue weighted by Crippen LogP contribution is 2.19. The van der Waals surface area contributed by atoms with Crippen molar-refractivity contribution in [3.05, 3.63) is 58.1 Å². The fourth-order valence-corrected chi connectivity index (χ4v) is 2.15. The number of hydrogen-bond acceptors (Lipinski definition) is 5. The lowest BCUT2D eigenvalue weighted by molar-refractivity contribution is -0.126. The third kappa shape index (κ3) is 5.78. The number of carbonyl (C=O) groups is 3. The minimum Gasteiger partial charge on any atom is -0.452 e. The van der Waals surface area contributed by atoms with E-state index in [2.05, 4.69) is 26.2 Å². The molecule has 0 saturated carbocycles. The molecule has 2 rings (SSSR count). The molecule has 0 aliphatic carbocycles. The summed E-state index contributed by atoms with van der Waals surface area (Å²) in [7, 11) is 0. The minimum atomic E-state index is -1.73. The number of hydrogen-bond donors (Lipinski definition) is 2. The molecule has 1 aromatic carbocycles. The number of anilines is 1. The first-order valence-corrected chi connectivity index (χ1v) is 8.05. The molecule has 0 saturated heterocycles. The van der Waals surface area contributed by atoms with Crippen LogP contribution in [0.3, 0.4) is 0 Å². The normalized spacial score (nSPS) is 10.2. The van der Waals surface area contributed by atoms with Crippen LogP contribution in [0.15, 0.2) is 35.1 Å². The Labute approximate surface area is 159 Å². The van der Waals surface area contributed by atoms with Gasteiger partial charge in [-0.1, -0.05) is 0 Å². The summed E-state index contributed by atoms with van der Waals surface area (Å²) in [5.74, 6) is -7.19. The summed E-state index contributed by atoms with van der Waals surface area (Å²) in [6.45, 7) is -1.27. The van der Waals surface area contributed by atoms with Gasteiger partial charge in [-0.25, -0.2) is 18.0 Å². The van der Waals surface area contributed by atoms with Gasteiger partial charge in [0.25, 0.3) is 5.91 Å². The predicted octanol–water partition coefficient (Wildman–Crippen LogP) is 2.17. The first kappa shape index (κ1) is 20.4. The molecule has 0 bridgehead atoms. The average Bonchev–Trinajstić information content (AvgIpc) is 2.65. The maximum atomic E-state index is 13.4. The smallest absolute Gasteiger partial charge is 0.340 e. The molecule has 2 aromatic rings. The summed E-state index contributed by atoms with van der Waals surface area (Å²) in [5, 5.41) is 4.10.